The van der Waals surface area contributed by atoms with E-state index in [4.69, 9.17) is 4.74 Å². The van der Waals surface area contributed by atoms with Crippen LogP contribution in [0.4, 0.5) is 5.82 Å². The number of fused-ring (bicyclic) bond motifs is 1. The van der Waals surface area contributed by atoms with Crippen LogP contribution >= 0.6 is 0 Å². The molecule has 1 saturated carbocycles. The van der Waals surface area contributed by atoms with E-state index >= 15 is 0 Å². The molecular weight excluding hydrogens is 318 g/mol. The molecule has 25 heavy (non-hydrogen) atoms. The van der Waals surface area contributed by atoms with Crippen molar-refractivity contribution < 1.29 is 9.53 Å². The van der Waals surface area contributed by atoms with Gasteiger partial charge < -0.3 is 14.5 Å². The molecule has 7 heteroatoms. The molecule has 2 saturated heterocycles. The normalized spacial score (nSPS) is 29.6. The monoisotopic (exact) mass is 345 g/mol. The van der Waals surface area contributed by atoms with Crippen LogP contribution in [0.15, 0.2) is 18.6 Å². The fraction of sp³-hybridized carbons (Fsp3) is 0.722. The molecule has 1 aromatic rings. The van der Waals surface area contributed by atoms with Gasteiger partial charge >= 0.3 is 0 Å². The average molecular weight is 345 g/mol. The summed E-state index contributed by atoms with van der Waals surface area (Å²) in [6.45, 7) is 5.41. The number of hydrogen-bond donors (Lipinski definition) is 0. The van der Waals surface area contributed by atoms with E-state index in [1.807, 2.05) is 11.1 Å². The summed E-state index contributed by atoms with van der Waals surface area (Å²) in [5.41, 5.74) is 0. The highest BCUT2D eigenvalue weighted by Crippen LogP contribution is 2.41. The number of carbonyl (C=O) groups is 1. The van der Waals surface area contributed by atoms with Gasteiger partial charge in [0.2, 0.25) is 5.91 Å². The maximum absolute atomic E-state index is 12.5. The summed E-state index contributed by atoms with van der Waals surface area (Å²) in [6.07, 6.45) is 7.74. The first kappa shape index (κ1) is 16.7. The van der Waals surface area contributed by atoms with Gasteiger partial charge in [-0.25, -0.2) is 4.98 Å². The Morgan fingerprint density at radius 3 is 2.88 bits per heavy atom. The lowest BCUT2D eigenvalue weighted by Gasteiger charge is -2.31. The molecule has 2 aliphatic heterocycles. The van der Waals surface area contributed by atoms with Crippen LogP contribution in [0.2, 0.25) is 0 Å². The summed E-state index contributed by atoms with van der Waals surface area (Å²) in [5.74, 6) is 2.50. The smallest absolute Gasteiger partial charge is 0.236 e. The Morgan fingerprint density at radius 1 is 1.28 bits per heavy atom. The summed E-state index contributed by atoms with van der Waals surface area (Å²) in [4.78, 5) is 27.7. The van der Waals surface area contributed by atoms with E-state index in [0.717, 1.165) is 32.0 Å². The molecule has 3 atom stereocenters. The first-order chi connectivity index (χ1) is 12.2. The minimum Gasteiger partial charge on any atom is -0.378 e. The number of carbonyl (C=O) groups excluding carboxylic acids is 1. The van der Waals surface area contributed by atoms with E-state index in [9.17, 15) is 4.79 Å². The molecule has 3 aliphatic rings. The van der Waals surface area contributed by atoms with Gasteiger partial charge in [-0.2, -0.15) is 0 Å². The third kappa shape index (κ3) is 3.48. The van der Waals surface area contributed by atoms with Gasteiger partial charge in [-0.1, -0.05) is 0 Å². The highest BCUT2D eigenvalue weighted by Gasteiger charge is 2.44. The van der Waals surface area contributed by atoms with Crippen LogP contribution in [0.3, 0.4) is 0 Å². The molecule has 0 radical (unpaired) electrons. The van der Waals surface area contributed by atoms with E-state index in [1.165, 1.54) is 12.8 Å². The molecule has 0 unspecified atom stereocenters. The zero-order valence-corrected chi connectivity index (χ0v) is 14.9. The largest absolute Gasteiger partial charge is 0.378 e. The lowest BCUT2D eigenvalue weighted by atomic mass is 9.97. The molecule has 0 bridgehead atoms. The molecule has 136 valence electrons. The topological polar surface area (TPSA) is 61.8 Å². The molecule has 1 aliphatic carbocycles. The van der Waals surface area contributed by atoms with Crippen molar-refractivity contribution in [2.75, 3.05) is 57.9 Å². The van der Waals surface area contributed by atoms with Crippen LogP contribution in [-0.2, 0) is 9.53 Å². The Hall–Kier alpha value is -1.73. The SMILES string of the molecule is CN(c1cnccn1)[C@@H]1CC[C@@H]2CN(CC(=O)N3CCOCC3)C[C@@H]21. The quantitative estimate of drug-likeness (QED) is 0.791. The standard InChI is InChI=1S/C18H27N5O2/c1-21(17-10-19-4-5-20-17)16-3-2-14-11-22(12-15(14)16)13-18(24)23-6-8-25-9-7-23/h4-5,10,14-16H,2-3,6-9,11-13H2,1H3/t14-,15+,16-/m1/s1. The van der Waals surface area contributed by atoms with Crippen LogP contribution in [0.25, 0.3) is 0 Å². The number of rotatable bonds is 4. The Balaban J connectivity index is 1.35. The van der Waals surface area contributed by atoms with Crippen molar-refractivity contribution in [2.24, 2.45) is 11.8 Å². The Morgan fingerprint density at radius 2 is 2.12 bits per heavy atom. The fourth-order valence-corrected chi connectivity index (χ4v) is 4.69. The fourth-order valence-electron chi connectivity index (χ4n) is 4.69. The first-order valence-corrected chi connectivity index (χ1v) is 9.29. The Bertz CT molecular complexity index is 592. The van der Waals surface area contributed by atoms with Gasteiger partial charge in [-0.15, -0.1) is 0 Å². The van der Waals surface area contributed by atoms with Crippen molar-refractivity contribution in [3.63, 3.8) is 0 Å². The maximum Gasteiger partial charge on any atom is 0.236 e. The minimum absolute atomic E-state index is 0.252. The van der Waals surface area contributed by atoms with Crippen molar-refractivity contribution in [2.45, 2.75) is 18.9 Å². The van der Waals surface area contributed by atoms with E-state index < -0.39 is 0 Å². The molecule has 4 rings (SSSR count). The first-order valence-electron chi connectivity index (χ1n) is 9.29. The highest BCUT2D eigenvalue weighted by atomic mass is 16.5. The van der Waals surface area contributed by atoms with E-state index in [-0.39, 0.29) is 5.91 Å². The van der Waals surface area contributed by atoms with Gasteiger partial charge in [0.05, 0.1) is 26.0 Å². The zero-order valence-electron chi connectivity index (χ0n) is 14.9. The van der Waals surface area contributed by atoms with Crippen molar-refractivity contribution in [1.29, 1.82) is 0 Å². The number of likely N-dealkylation sites (tertiary alicyclic amines) is 1. The summed E-state index contributed by atoms with van der Waals surface area (Å²) in [6, 6.07) is 0.491. The number of morpholine rings is 1. The summed E-state index contributed by atoms with van der Waals surface area (Å²) >= 11 is 0. The number of anilines is 1. The zero-order chi connectivity index (χ0) is 17.2. The number of ether oxygens (including phenoxy) is 1. The van der Waals surface area contributed by atoms with Crippen molar-refractivity contribution in [3.05, 3.63) is 18.6 Å². The second-order valence-corrected chi connectivity index (χ2v) is 7.43. The molecule has 0 spiro atoms. The second kappa shape index (κ2) is 7.25. The van der Waals surface area contributed by atoms with Crippen molar-refractivity contribution >= 4 is 11.7 Å². The van der Waals surface area contributed by atoms with Gasteiger partial charge in [0.25, 0.3) is 0 Å². The molecule has 0 aromatic carbocycles. The van der Waals surface area contributed by atoms with Gasteiger partial charge in [-0.3, -0.25) is 14.7 Å². The molecular formula is C18H27N5O2. The highest BCUT2D eigenvalue weighted by molar-refractivity contribution is 5.78. The number of amides is 1. The third-order valence-corrected chi connectivity index (χ3v) is 6.03. The molecule has 0 N–H and O–H groups in total. The molecule has 3 fully saturated rings. The lowest BCUT2D eigenvalue weighted by molar-refractivity contribution is -0.136. The third-order valence-electron chi connectivity index (χ3n) is 6.03. The van der Waals surface area contributed by atoms with Gasteiger partial charge in [0, 0.05) is 51.7 Å². The number of hydrogen-bond acceptors (Lipinski definition) is 6. The van der Waals surface area contributed by atoms with Crippen LogP contribution in [0.5, 0.6) is 0 Å². The van der Waals surface area contributed by atoms with Gasteiger partial charge in [0.15, 0.2) is 0 Å². The molecule has 1 amide bonds. The minimum atomic E-state index is 0.252. The predicted octanol–water partition coefficient (Wildman–Crippen LogP) is 0.482. The predicted molar refractivity (Wildman–Crippen MR) is 94.3 cm³/mol. The maximum atomic E-state index is 12.5. The number of aromatic nitrogens is 2. The van der Waals surface area contributed by atoms with Crippen molar-refractivity contribution in [3.8, 4) is 0 Å². The lowest BCUT2D eigenvalue weighted by Crippen LogP contribution is -2.46. The Kier molecular flexibility index (Phi) is 4.85. The van der Waals surface area contributed by atoms with E-state index in [1.54, 1.807) is 12.4 Å². The molecule has 1 aromatic heterocycles. The summed E-state index contributed by atoms with van der Waals surface area (Å²) < 4.78 is 5.34. The van der Waals surface area contributed by atoms with Crippen LogP contribution < -0.4 is 4.90 Å². The van der Waals surface area contributed by atoms with E-state index in [2.05, 4.69) is 26.8 Å². The molecule has 7 nitrogen and oxygen atoms in total. The summed E-state index contributed by atoms with van der Waals surface area (Å²) in [5, 5.41) is 0. The van der Waals surface area contributed by atoms with Crippen LogP contribution in [0.1, 0.15) is 12.8 Å². The second-order valence-electron chi connectivity index (χ2n) is 7.43. The molecule has 3 heterocycles. The van der Waals surface area contributed by atoms with Gasteiger partial charge in [-0.05, 0) is 24.7 Å². The van der Waals surface area contributed by atoms with Gasteiger partial charge in [0.1, 0.15) is 5.82 Å². The summed E-state index contributed by atoms with van der Waals surface area (Å²) in [7, 11) is 2.12. The van der Waals surface area contributed by atoms with E-state index in [0.29, 0.717) is 37.6 Å². The van der Waals surface area contributed by atoms with Crippen molar-refractivity contribution in [1.82, 2.24) is 19.8 Å². The van der Waals surface area contributed by atoms with Crippen LogP contribution in [-0.4, -0.2) is 84.7 Å². The van der Waals surface area contributed by atoms with Crippen LogP contribution in [0, 0.1) is 11.8 Å². The number of nitrogens with zero attached hydrogens (tertiary/aromatic N) is 5. The average Bonchev–Trinajstić information content (AvgIpc) is 3.22. The Labute approximate surface area is 149 Å².